The molecule has 0 saturated carbocycles. The quantitative estimate of drug-likeness (QED) is 0.893. The first-order chi connectivity index (χ1) is 9.88. The molecule has 0 aliphatic heterocycles. The van der Waals surface area contributed by atoms with E-state index < -0.39 is 17.8 Å². The molecule has 5 heteroatoms. The van der Waals surface area contributed by atoms with Gasteiger partial charge in [0, 0.05) is 5.02 Å². The van der Waals surface area contributed by atoms with Crippen LogP contribution in [-0.4, -0.2) is 5.91 Å². The lowest BCUT2D eigenvalue weighted by atomic mass is 10.1. The van der Waals surface area contributed by atoms with Gasteiger partial charge in [-0.1, -0.05) is 23.7 Å². The van der Waals surface area contributed by atoms with E-state index in [4.69, 9.17) is 11.6 Å². The van der Waals surface area contributed by atoms with E-state index in [1.807, 2.05) is 0 Å². The molecule has 0 aliphatic rings. The summed E-state index contributed by atoms with van der Waals surface area (Å²) in [6, 6.07) is 8.01. The number of aryl methyl sites for hydroxylation is 1. The van der Waals surface area contributed by atoms with Gasteiger partial charge in [-0.05, 0) is 49.2 Å². The summed E-state index contributed by atoms with van der Waals surface area (Å²) in [6.45, 7) is 3.36. The van der Waals surface area contributed by atoms with Crippen molar-refractivity contribution in [2.45, 2.75) is 19.9 Å². The smallest absolute Gasteiger partial charge is 0.254 e. The topological polar surface area (TPSA) is 29.1 Å². The molecule has 2 nitrogen and oxygen atoms in total. The maximum Gasteiger partial charge on any atom is 0.254 e. The minimum Gasteiger partial charge on any atom is -0.345 e. The third-order valence-corrected chi connectivity index (χ3v) is 3.45. The molecule has 2 aromatic rings. The summed E-state index contributed by atoms with van der Waals surface area (Å²) in [5.74, 6) is -1.59. The molecule has 0 spiro atoms. The van der Waals surface area contributed by atoms with Gasteiger partial charge in [0.15, 0.2) is 0 Å². The second-order valence-corrected chi connectivity index (χ2v) is 5.26. The first-order valence-corrected chi connectivity index (χ1v) is 6.78. The number of halogens is 3. The van der Waals surface area contributed by atoms with Gasteiger partial charge in [0.1, 0.15) is 11.6 Å². The number of hydrogen-bond acceptors (Lipinski definition) is 1. The summed E-state index contributed by atoms with van der Waals surface area (Å²) in [5, 5.41) is 2.90. The van der Waals surface area contributed by atoms with Crippen molar-refractivity contribution in [3.05, 3.63) is 69.7 Å². The van der Waals surface area contributed by atoms with Crippen molar-refractivity contribution in [3.8, 4) is 0 Å². The van der Waals surface area contributed by atoms with Crippen molar-refractivity contribution in [3.63, 3.8) is 0 Å². The van der Waals surface area contributed by atoms with E-state index in [1.165, 1.54) is 18.2 Å². The summed E-state index contributed by atoms with van der Waals surface area (Å²) in [7, 11) is 0. The minimum atomic E-state index is -0.654. The van der Waals surface area contributed by atoms with Crippen LogP contribution < -0.4 is 5.32 Å². The Morgan fingerprint density at radius 2 is 1.86 bits per heavy atom. The highest BCUT2D eigenvalue weighted by Gasteiger charge is 2.16. The van der Waals surface area contributed by atoms with Crippen molar-refractivity contribution in [2.24, 2.45) is 0 Å². The van der Waals surface area contributed by atoms with Crippen LogP contribution in [0.5, 0.6) is 0 Å². The molecule has 1 N–H and O–H groups in total. The molecule has 1 atom stereocenters. The predicted molar refractivity (Wildman–Crippen MR) is 78.4 cm³/mol. The van der Waals surface area contributed by atoms with E-state index in [-0.39, 0.29) is 16.4 Å². The molecule has 0 saturated heterocycles. The third kappa shape index (κ3) is 3.58. The highest BCUT2D eigenvalue weighted by atomic mass is 35.5. The Kier molecular flexibility index (Phi) is 4.58. The summed E-state index contributed by atoms with van der Waals surface area (Å²) < 4.78 is 27.1. The van der Waals surface area contributed by atoms with Gasteiger partial charge in [0.2, 0.25) is 0 Å². The highest BCUT2D eigenvalue weighted by Crippen LogP contribution is 2.19. The van der Waals surface area contributed by atoms with Crippen LogP contribution in [-0.2, 0) is 0 Å². The van der Waals surface area contributed by atoms with Gasteiger partial charge < -0.3 is 5.32 Å². The van der Waals surface area contributed by atoms with Crippen LogP contribution >= 0.6 is 11.6 Å². The molecule has 0 fully saturated rings. The fourth-order valence-electron chi connectivity index (χ4n) is 1.91. The van der Waals surface area contributed by atoms with E-state index in [1.54, 1.807) is 26.0 Å². The van der Waals surface area contributed by atoms with Gasteiger partial charge in [-0.2, -0.15) is 0 Å². The van der Waals surface area contributed by atoms with Crippen LogP contribution in [0.4, 0.5) is 8.78 Å². The molecule has 0 bridgehead atoms. The van der Waals surface area contributed by atoms with Crippen LogP contribution in [0.25, 0.3) is 0 Å². The molecular weight excluding hydrogens is 296 g/mol. The SMILES string of the molecule is Cc1ccc(C(C)NC(=O)c2cc(Cl)ccc2F)cc1F. The molecule has 110 valence electrons. The molecule has 1 amide bonds. The predicted octanol–water partition coefficient (Wildman–Crippen LogP) is 4.42. The molecule has 0 radical (unpaired) electrons. The van der Waals surface area contributed by atoms with Gasteiger partial charge in [-0.3, -0.25) is 4.79 Å². The Bertz CT molecular complexity index is 688. The number of carbonyl (C=O) groups excluding carboxylic acids is 1. The van der Waals surface area contributed by atoms with Gasteiger partial charge in [0.05, 0.1) is 11.6 Å². The monoisotopic (exact) mass is 309 g/mol. The van der Waals surface area contributed by atoms with Crippen LogP contribution in [0.15, 0.2) is 36.4 Å². The Balaban J connectivity index is 2.18. The van der Waals surface area contributed by atoms with E-state index in [2.05, 4.69) is 5.32 Å². The molecule has 0 heterocycles. The summed E-state index contributed by atoms with van der Waals surface area (Å²) in [4.78, 5) is 12.0. The second kappa shape index (κ2) is 6.22. The summed E-state index contributed by atoms with van der Waals surface area (Å²) in [6.07, 6.45) is 0. The molecule has 0 aromatic heterocycles. The summed E-state index contributed by atoms with van der Waals surface area (Å²) in [5.41, 5.74) is 0.994. The normalized spacial score (nSPS) is 12.0. The zero-order valence-electron chi connectivity index (χ0n) is 11.6. The van der Waals surface area contributed by atoms with Crippen LogP contribution in [0, 0.1) is 18.6 Å². The molecule has 0 aliphatic carbocycles. The van der Waals surface area contributed by atoms with Gasteiger partial charge in [0.25, 0.3) is 5.91 Å². The Hall–Kier alpha value is -1.94. The standard InChI is InChI=1S/C16H14ClF2NO/c1-9-3-4-11(7-15(9)19)10(2)20-16(21)13-8-12(17)5-6-14(13)18/h3-8,10H,1-2H3,(H,20,21). The van der Waals surface area contributed by atoms with E-state index in [0.29, 0.717) is 11.1 Å². The van der Waals surface area contributed by atoms with Crippen LogP contribution in [0.2, 0.25) is 5.02 Å². The van der Waals surface area contributed by atoms with Crippen LogP contribution in [0.3, 0.4) is 0 Å². The Labute approximate surface area is 126 Å². The van der Waals surface area contributed by atoms with Crippen LogP contribution in [0.1, 0.15) is 34.5 Å². The highest BCUT2D eigenvalue weighted by molar-refractivity contribution is 6.31. The molecular formula is C16H14ClF2NO. The first-order valence-electron chi connectivity index (χ1n) is 6.40. The summed E-state index contributed by atoms with van der Waals surface area (Å²) >= 11 is 5.76. The van der Waals surface area contributed by atoms with Crippen molar-refractivity contribution < 1.29 is 13.6 Å². The molecule has 2 rings (SSSR count). The largest absolute Gasteiger partial charge is 0.345 e. The van der Waals surface area contributed by atoms with Gasteiger partial charge in [-0.25, -0.2) is 8.78 Å². The number of hydrogen-bond donors (Lipinski definition) is 1. The third-order valence-electron chi connectivity index (χ3n) is 3.22. The number of carbonyl (C=O) groups is 1. The van der Waals surface area contributed by atoms with Crippen molar-refractivity contribution in [1.82, 2.24) is 5.32 Å². The average molecular weight is 310 g/mol. The lowest BCUT2D eigenvalue weighted by Crippen LogP contribution is -2.27. The maximum atomic E-state index is 13.6. The average Bonchev–Trinajstić information content (AvgIpc) is 2.44. The Morgan fingerprint density at radius 1 is 1.14 bits per heavy atom. The zero-order valence-corrected chi connectivity index (χ0v) is 12.3. The van der Waals surface area contributed by atoms with Gasteiger partial charge in [-0.15, -0.1) is 0 Å². The molecule has 21 heavy (non-hydrogen) atoms. The van der Waals surface area contributed by atoms with Crippen molar-refractivity contribution in [2.75, 3.05) is 0 Å². The fraction of sp³-hybridized carbons (Fsp3) is 0.188. The lowest BCUT2D eigenvalue weighted by molar-refractivity contribution is 0.0935. The zero-order chi connectivity index (χ0) is 15.6. The first kappa shape index (κ1) is 15.4. The maximum absolute atomic E-state index is 13.6. The van der Waals surface area contributed by atoms with Crippen molar-refractivity contribution in [1.29, 1.82) is 0 Å². The lowest BCUT2D eigenvalue weighted by Gasteiger charge is -2.15. The van der Waals surface area contributed by atoms with E-state index in [9.17, 15) is 13.6 Å². The van der Waals surface area contributed by atoms with Crippen molar-refractivity contribution >= 4 is 17.5 Å². The minimum absolute atomic E-state index is 0.137. The number of amides is 1. The van der Waals surface area contributed by atoms with Gasteiger partial charge >= 0.3 is 0 Å². The number of benzene rings is 2. The number of rotatable bonds is 3. The second-order valence-electron chi connectivity index (χ2n) is 4.83. The van der Waals surface area contributed by atoms with E-state index in [0.717, 1.165) is 6.07 Å². The number of nitrogens with one attached hydrogen (secondary N) is 1. The fourth-order valence-corrected chi connectivity index (χ4v) is 2.08. The molecule has 1 unspecified atom stereocenters. The van der Waals surface area contributed by atoms with E-state index >= 15 is 0 Å². The molecule has 2 aromatic carbocycles. The Morgan fingerprint density at radius 3 is 2.52 bits per heavy atom.